The Morgan fingerprint density at radius 3 is 2.35 bits per heavy atom. The van der Waals surface area contributed by atoms with Crippen LogP contribution in [0.25, 0.3) is 0 Å². The second-order valence-electron chi connectivity index (χ2n) is 3.93. The first kappa shape index (κ1) is 16.7. The van der Waals surface area contributed by atoms with E-state index in [0.717, 1.165) is 6.92 Å². The van der Waals surface area contributed by atoms with Gasteiger partial charge in [0.1, 0.15) is 13.2 Å². The molecule has 0 aliphatic heterocycles. The molecule has 1 aromatic heterocycles. The summed E-state index contributed by atoms with van der Waals surface area (Å²) in [5.41, 5.74) is 0. The zero-order valence-corrected chi connectivity index (χ0v) is 9.99. The summed E-state index contributed by atoms with van der Waals surface area (Å²) in [6, 6.07) is 0. The molecule has 116 valence electrons. The highest BCUT2D eigenvalue weighted by molar-refractivity contribution is 4.96. The summed E-state index contributed by atoms with van der Waals surface area (Å²) in [5, 5.41) is 12.1. The van der Waals surface area contributed by atoms with Crippen molar-refractivity contribution in [2.75, 3.05) is 6.61 Å². The average Bonchev–Trinajstić information content (AvgIpc) is 2.72. The topological polar surface area (TPSA) is 68.4 Å². The molecule has 0 fully saturated rings. The van der Waals surface area contributed by atoms with Gasteiger partial charge in [-0.2, -0.15) is 31.3 Å². The number of halogens is 6. The fourth-order valence-electron chi connectivity index (χ4n) is 1.19. The van der Waals surface area contributed by atoms with E-state index in [9.17, 15) is 26.3 Å². The van der Waals surface area contributed by atoms with Gasteiger partial charge in [0.25, 0.3) is 0 Å². The fraction of sp³-hybridized carbons (Fsp3) is 0.778. The van der Waals surface area contributed by atoms with Crippen molar-refractivity contribution >= 4 is 0 Å². The van der Waals surface area contributed by atoms with Gasteiger partial charge in [0.2, 0.25) is 5.89 Å². The Morgan fingerprint density at radius 2 is 1.85 bits per heavy atom. The first-order valence-electron chi connectivity index (χ1n) is 5.22. The van der Waals surface area contributed by atoms with Gasteiger partial charge in [0, 0.05) is 0 Å². The molecule has 0 aliphatic carbocycles. The Morgan fingerprint density at radius 1 is 1.25 bits per heavy atom. The highest BCUT2D eigenvalue weighted by atomic mass is 19.4. The van der Waals surface area contributed by atoms with Crippen molar-refractivity contribution in [3.8, 4) is 0 Å². The Bertz CT molecular complexity index is 430. The smallest absolute Gasteiger partial charge is 0.383 e. The molecule has 0 saturated carbocycles. The Kier molecular flexibility index (Phi) is 4.97. The third-order valence-electron chi connectivity index (χ3n) is 2.18. The molecule has 0 spiro atoms. The van der Waals surface area contributed by atoms with Crippen LogP contribution in [0.15, 0.2) is 4.52 Å². The normalized spacial score (nSPS) is 16.2. The van der Waals surface area contributed by atoms with Crippen molar-refractivity contribution in [2.45, 2.75) is 37.9 Å². The van der Waals surface area contributed by atoms with E-state index in [1.807, 2.05) is 0 Å². The minimum atomic E-state index is -4.87. The van der Waals surface area contributed by atoms with Gasteiger partial charge >= 0.3 is 12.4 Å². The minimum absolute atomic E-state index is 0.342. The molecule has 0 amide bonds. The summed E-state index contributed by atoms with van der Waals surface area (Å²) in [6.07, 6.45) is -12.1. The van der Waals surface area contributed by atoms with Gasteiger partial charge in [-0.05, 0) is 0 Å². The van der Waals surface area contributed by atoms with Crippen molar-refractivity contribution in [2.24, 2.45) is 0 Å². The van der Waals surface area contributed by atoms with Crippen LogP contribution in [0.1, 0.15) is 24.6 Å². The first-order valence-corrected chi connectivity index (χ1v) is 5.22. The van der Waals surface area contributed by atoms with Gasteiger partial charge in [-0.1, -0.05) is 12.1 Å². The summed E-state index contributed by atoms with van der Waals surface area (Å²) in [5.74, 6) is -2.43. The zero-order valence-electron chi connectivity index (χ0n) is 9.99. The van der Waals surface area contributed by atoms with Gasteiger partial charge in [-0.25, -0.2) is 0 Å². The van der Waals surface area contributed by atoms with E-state index in [1.165, 1.54) is 0 Å². The highest BCUT2D eigenvalue weighted by Gasteiger charge is 2.44. The van der Waals surface area contributed by atoms with E-state index in [-0.39, 0.29) is 5.82 Å². The van der Waals surface area contributed by atoms with Crippen LogP contribution in [0.2, 0.25) is 0 Å². The van der Waals surface area contributed by atoms with E-state index in [2.05, 4.69) is 19.4 Å². The van der Waals surface area contributed by atoms with E-state index in [4.69, 9.17) is 5.11 Å². The maximum Gasteiger partial charge on any atom is 0.415 e. The van der Waals surface area contributed by atoms with Crippen LogP contribution in [0, 0.1) is 0 Å². The largest absolute Gasteiger partial charge is 0.415 e. The average molecular weight is 308 g/mol. The molecule has 2 unspecified atom stereocenters. The number of nitrogens with zero attached hydrogens (tertiary/aromatic N) is 2. The number of ether oxygens (including phenoxy) is 1. The lowest BCUT2D eigenvalue weighted by Gasteiger charge is -2.17. The molecule has 0 saturated heterocycles. The number of hydrogen-bond acceptors (Lipinski definition) is 5. The Balaban J connectivity index is 2.59. The second-order valence-corrected chi connectivity index (χ2v) is 3.93. The van der Waals surface area contributed by atoms with Crippen LogP contribution in [0.3, 0.4) is 0 Å². The maximum absolute atomic E-state index is 12.2. The van der Waals surface area contributed by atoms with Crippen molar-refractivity contribution in [3.05, 3.63) is 11.7 Å². The molecule has 11 heteroatoms. The number of rotatable bonds is 5. The Hall–Kier alpha value is -1.36. The number of alkyl halides is 6. The van der Waals surface area contributed by atoms with E-state index in [0.29, 0.717) is 0 Å². The van der Waals surface area contributed by atoms with E-state index >= 15 is 0 Å². The second kappa shape index (κ2) is 5.95. The monoisotopic (exact) mass is 308 g/mol. The van der Waals surface area contributed by atoms with Crippen LogP contribution in [0.5, 0.6) is 0 Å². The van der Waals surface area contributed by atoms with Gasteiger partial charge in [-0.3, -0.25) is 0 Å². The highest BCUT2D eigenvalue weighted by Crippen LogP contribution is 2.30. The number of aliphatic hydroxyl groups is 1. The maximum atomic E-state index is 12.2. The summed E-state index contributed by atoms with van der Waals surface area (Å²) < 4.78 is 80.7. The van der Waals surface area contributed by atoms with E-state index in [1.54, 1.807) is 0 Å². The molecule has 1 aromatic rings. The van der Waals surface area contributed by atoms with Gasteiger partial charge in [-0.15, -0.1) is 0 Å². The van der Waals surface area contributed by atoms with Crippen molar-refractivity contribution in [1.82, 2.24) is 10.1 Å². The van der Waals surface area contributed by atoms with Crippen molar-refractivity contribution in [1.29, 1.82) is 0 Å². The van der Waals surface area contributed by atoms with Crippen LogP contribution < -0.4 is 0 Å². The number of aromatic nitrogens is 2. The van der Waals surface area contributed by atoms with Gasteiger partial charge in [0.15, 0.2) is 11.9 Å². The van der Waals surface area contributed by atoms with Crippen LogP contribution >= 0.6 is 0 Å². The summed E-state index contributed by atoms with van der Waals surface area (Å²) in [6.45, 7) is -1.22. The zero-order chi connectivity index (χ0) is 15.6. The molecule has 1 heterocycles. The molecular formula is C9H10F6N2O3. The molecule has 20 heavy (non-hydrogen) atoms. The van der Waals surface area contributed by atoms with Crippen LogP contribution in [-0.2, 0) is 11.3 Å². The molecular weight excluding hydrogens is 298 g/mol. The molecule has 5 nitrogen and oxygen atoms in total. The summed E-state index contributed by atoms with van der Waals surface area (Å²) in [7, 11) is 0. The lowest BCUT2D eigenvalue weighted by atomic mass is 10.1. The predicted octanol–water partition coefficient (Wildman–Crippen LogP) is 2.18. The first-order chi connectivity index (χ1) is 9.00. The molecule has 0 bridgehead atoms. The van der Waals surface area contributed by atoms with Crippen LogP contribution in [-0.4, -0.2) is 40.3 Å². The molecule has 0 aliphatic rings. The fourth-order valence-corrected chi connectivity index (χ4v) is 1.19. The lowest BCUT2D eigenvalue weighted by molar-refractivity contribution is -0.210. The summed E-state index contributed by atoms with van der Waals surface area (Å²) in [4.78, 5) is 3.43. The molecule has 0 aromatic carbocycles. The molecule has 1 N–H and O–H groups in total. The van der Waals surface area contributed by atoms with E-state index < -0.39 is 43.5 Å². The standard InChI is InChI=1S/C9H10F6N2O3/c1-4(6(18)9(13,14)15)7-16-5(17-20-7)2-19-3-8(10,11)12/h4,6,18H,2-3H2,1H3. The van der Waals surface area contributed by atoms with Gasteiger partial charge in [0.05, 0.1) is 5.92 Å². The Labute approximate surface area is 108 Å². The van der Waals surface area contributed by atoms with Crippen molar-refractivity contribution in [3.63, 3.8) is 0 Å². The minimum Gasteiger partial charge on any atom is -0.383 e. The number of hydrogen-bond donors (Lipinski definition) is 1. The SMILES string of the molecule is CC(c1nc(COCC(F)(F)F)no1)C(O)C(F)(F)F. The molecule has 0 radical (unpaired) electrons. The third-order valence-corrected chi connectivity index (χ3v) is 2.18. The summed E-state index contributed by atoms with van der Waals surface area (Å²) >= 11 is 0. The lowest BCUT2D eigenvalue weighted by Crippen LogP contribution is -2.33. The molecule has 2 atom stereocenters. The third kappa shape index (κ3) is 4.96. The van der Waals surface area contributed by atoms with Crippen LogP contribution in [0.4, 0.5) is 26.3 Å². The quantitative estimate of drug-likeness (QED) is 0.844. The number of aliphatic hydroxyl groups excluding tert-OH is 1. The van der Waals surface area contributed by atoms with Crippen molar-refractivity contribution < 1.29 is 40.7 Å². The van der Waals surface area contributed by atoms with Gasteiger partial charge < -0.3 is 14.4 Å². The predicted molar refractivity (Wildman–Crippen MR) is 50.5 cm³/mol. The molecule has 1 rings (SSSR count).